The molecule has 3 aromatic carbocycles. The molecule has 0 bridgehead atoms. The number of hydrogen-bond donors (Lipinski definition) is 1. The first-order valence-corrected chi connectivity index (χ1v) is 9.90. The minimum Gasteiger partial charge on any atom is -0.422 e. The van der Waals surface area contributed by atoms with E-state index in [2.05, 4.69) is 4.98 Å². The summed E-state index contributed by atoms with van der Waals surface area (Å²) in [5.41, 5.74) is 4.39. The van der Waals surface area contributed by atoms with E-state index in [0.29, 0.717) is 16.8 Å². The number of nitrogens with one attached hydrogen (secondary N) is 1. The van der Waals surface area contributed by atoms with Gasteiger partial charge in [0.05, 0.1) is 11.4 Å². The minimum atomic E-state index is -0.633. The molecule has 0 aliphatic heterocycles. The van der Waals surface area contributed by atoms with Gasteiger partial charge in [-0.05, 0) is 19.1 Å². The van der Waals surface area contributed by atoms with Crippen LogP contribution in [0.4, 0.5) is 0 Å². The zero-order valence-electron chi connectivity index (χ0n) is 16.8. The molecule has 5 heteroatoms. The number of rotatable bonds is 4. The van der Waals surface area contributed by atoms with Crippen LogP contribution in [-0.2, 0) is 0 Å². The van der Waals surface area contributed by atoms with E-state index in [1.165, 1.54) is 6.92 Å². The van der Waals surface area contributed by atoms with Gasteiger partial charge in [-0.3, -0.25) is 4.79 Å². The highest BCUT2D eigenvalue weighted by Gasteiger charge is 2.16. The Bertz CT molecular complexity index is 1410. The average Bonchev–Trinajstić information content (AvgIpc) is 3.25. The molecule has 0 radical (unpaired) electrons. The number of carbonyl (C=O) groups is 1. The van der Waals surface area contributed by atoms with E-state index < -0.39 is 5.63 Å². The van der Waals surface area contributed by atoms with Crippen LogP contribution in [0.5, 0.6) is 0 Å². The smallest absolute Gasteiger partial charge is 0.347 e. The van der Waals surface area contributed by atoms with Gasteiger partial charge in [-0.1, -0.05) is 72.8 Å². The van der Waals surface area contributed by atoms with Crippen LogP contribution in [-0.4, -0.2) is 15.8 Å². The number of carbonyl (C=O) groups excluding carboxylic acids is 1. The van der Waals surface area contributed by atoms with Crippen molar-refractivity contribution >= 4 is 16.8 Å². The van der Waals surface area contributed by atoms with Gasteiger partial charge in [-0.25, -0.2) is 9.78 Å². The average molecular weight is 406 g/mol. The number of Topliss-reactive ketones (excluding diaryl/α,β-unsaturated/α-hetero) is 1. The number of benzene rings is 3. The number of hydrogen-bond acceptors (Lipinski definition) is 4. The van der Waals surface area contributed by atoms with Gasteiger partial charge in [0, 0.05) is 22.1 Å². The number of ketones is 1. The normalized spacial score (nSPS) is 11.0. The van der Waals surface area contributed by atoms with E-state index in [-0.39, 0.29) is 11.3 Å². The molecule has 31 heavy (non-hydrogen) atoms. The third kappa shape index (κ3) is 3.46. The number of aromatic amines is 1. The largest absolute Gasteiger partial charge is 0.422 e. The first-order valence-electron chi connectivity index (χ1n) is 9.90. The number of H-pyrrole nitrogens is 1. The van der Waals surface area contributed by atoms with Gasteiger partial charge in [0.2, 0.25) is 0 Å². The molecule has 0 aliphatic carbocycles. The molecular formula is C26H18N2O3. The highest BCUT2D eigenvalue weighted by atomic mass is 16.4. The standard InChI is InChI=1S/C26H18N2O3/c1-16(29)21-14-19-12-13-20(15-22(19)31-26(21)30)25-27-23(17-8-4-2-5-9-17)24(28-25)18-10-6-3-7-11-18/h2-15H,1H3,(H,27,28). The van der Waals surface area contributed by atoms with E-state index in [1.807, 2.05) is 72.8 Å². The predicted molar refractivity (Wildman–Crippen MR) is 121 cm³/mol. The summed E-state index contributed by atoms with van der Waals surface area (Å²) in [7, 11) is 0. The zero-order chi connectivity index (χ0) is 21.4. The Morgan fingerprint density at radius 1 is 0.839 bits per heavy atom. The van der Waals surface area contributed by atoms with Gasteiger partial charge < -0.3 is 9.40 Å². The number of fused-ring (bicyclic) bond motifs is 1. The Morgan fingerprint density at radius 2 is 1.52 bits per heavy atom. The molecule has 5 rings (SSSR count). The Morgan fingerprint density at radius 3 is 2.19 bits per heavy atom. The van der Waals surface area contributed by atoms with Gasteiger partial charge in [-0.15, -0.1) is 0 Å². The summed E-state index contributed by atoms with van der Waals surface area (Å²) in [6.45, 7) is 1.35. The fourth-order valence-corrected chi connectivity index (χ4v) is 3.63. The molecule has 0 saturated heterocycles. The first-order chi connectivity index (χ1) is 15.1. The van der Waals surface area contributed by atoms with Crippen LogP contribution in [0.3, 0.4) is 0 Å². The van der Waals surface area contributed by atoms with Gasteiger partial charge in [0.15, 0.2) is 5.78 Å². The van der Waals surface area contributed by atoms with Crippen molar-refractivity contribution in [2.24, 2.45) is 0 Å². The van der Waals surface area contributed by atoms with Crippen molar-refractivity contribution in [2.45, 2.75) is 6.92 Å². The topological polar surface area (TPSA) is 76.0 Å². The van der Waals surface area contributed by atoms with E-state index >= 15 is 0 Å². The molecule has 2 heterocycles. The van der Waals surface area contributed by atoms with Crippen molar-refractivity contribution in [2.75, 3.05) is 0 Å². The van der Waals surface area contributed by atoms with Gasteiger partial charge >= 0.3 is 5.63 Å². The second-order valence-electron chi connectivity index (χ2n) is 7.30. The van der Waals surface area contributed by atoms with Crippen LogP contribution >= 0.6 is 0 Å². The maximum absolute atomic E-state index is 12.1. The monoisotopic (exact) mass is 406 g/mol. The predicted octanol–water partition coefficient (Wildman–Crippen LogP) is 5.72. The fraction of sp³-hybridized carbons (Fsp3) is 0.0385. The van der Waals surface area contributed by atoms with Crippen molar-refractivity contribution in [3.63, 3.8) is 0 Å². The Hall–Kier alpha value is -4.25. The van der Waals surface area contributed by atoms with Gasteiger partial charge in [0.1, 0.15) is 17.0 Å². The first kappa shape index (κ1) is 18.8. The third-order valence-corrected chi connectivity index (χ3v) is 5.20. The van der Waals surface area contributed by atoms with Crippen LogP contribution in [0.2, 0.25) is 0 Å². The van der Waals surface area contributed by atoms with Gasteiger partial charge in [0.25, 0.3) is 0 Å². The molecule has 0 unspecified atom stereocenters. The molecule has 0 saturated carbocycles. The summed E-state index contributed by atoms with van der Waals surface area (Å²) < 4.78 is 5.40. The molecule has 1 N–H and O–H groups in total. The van der Waals surface area contributed by atoms with Gasteiger partial charge in [-0.2, -0.15) is 0 Å². The second kappa shape index (κ2) is 7.54. The Kier molecular flexibility index (Phi) is 4.56. The molecule has 2 aromatic heterocycles. The fourth-order valence-electron chi connectivity index (χ4n) is 3.63. The molecule has 0 aliphatic rings. The molecule has 0 atom stereocenters. The lowest BCUT2D eigenvalue weighted by molar-refractivity contribution is 0.101. The summed E-state index contributed by atoms with van der Waals surface area (Å²) in [6, 6.07) is 27.1. The quantitative estimate of drug-likeness (QED) is 0.306. The minimum absolute atomic E-state index is 0.0518. The Balaban J connectivity index is 1.68. The molecule has 5 nitrogen and oxygen atoms in total. The molecule has 0 fully saturated rings. The summed E-state index contributed by atoms with van der Waals surface area (Å²) in [6.07, 6.45) is 0. The number of imidazole rings is 1. The van der Waals surface area contributed by atoms with E-state index in [1.54, 1.807) is 12.1 Å². The Labute approximate surface area is 178 Å². The molecule has 150 valence electrons. The second-order valence-corrected chi connectivity index (χ2v) is 7.30. The van der Waals surface area contributed by atoms with Crippen LogP contribution in [0.25, 0.3) is 44.9 Å². The van der Waals surface area contributed by atoms with Crippen molar-refractivity contribution in [3.05, 3.63) is 101 Å². The zero-order valence-corrected chi connectivity index (χ0v) is 16.8. The highest BCUT2D eigenvalue weighted by molar-refractivity contribution is 5.97. The summed E-state index contributed by atoms with van der Waals surface area (Å²) in [4.78, 5) is 32.1. The third-order valence-electron chi connectivity index (χ3n) is 5.20. The maximum atomic E-state index is 12.1. The van der Waals surface area contributed by atoms with Crippen molar-refractivity contribution < 1.29 is 9.21 Å². The lowest BCUT2D eigenvalue weighted by Gasteiger charge is -2.02. The van der Waals surface area contributed by atoms with Crippen LogP contribution in [0, 0.1) is 0 Å². The lowest BCUT2D eigenvalue weighted by Crippen LogP contribution is -2.10. The van der Waals surface area contributed by atoms with E-state index in [0.717, 1.165) is 28.1 Å². The van der Waals surface area contributed by atoms with Crippen LogP contribution in [0.15, 0.2) is 94.1 Å². The lowest BCUT2D eigenvalue weighted by atomic mass is 10.1. The van der Waals surface area contributed by atoms with Crippen LogP contribution in [0.1, 0.15) is 17.3 Å². The van der Waals surface area contributed by atoms with Crippen molar-refractivity contribution in [1.29, 1.82) is 0 Å². The maximum Gasteiger partial charge on any atom is 0.347 e. The van der Waals surface area contributed by atoms with E-state index in [4.69, 9.17) is 9.40 Å². The molecule has 5 aromatic rings. The van der Waals surface area contributed by atoms with Crippen molar-refractivity contribution in [3.8, 4) is 33.9 Å². The summed E-state index contributed by atoms with van der Waals surface area (Å²) in [5.74, 6) is 0.351. The van der Waals surface area contributed by atoms with E-state index in [9.17, 15) is 9.59 Å². The van der Waals surface area contributed by atoms with Crippen molar-refractivity contribution in [1.82, 2.24) is 9.97 Å². The van der Waals surface area contributed by atoms with Crippen LogP contribution < -0.4 is 5.63 Å². The summed E-state index contributed by atoms with van der Waals surface area (Å²) in [5, 5.41) is 0.687. The number of aromatic nitrogens is 2. The molecule has 0 amide bonds. The SMILES string of the molecule is CC(=O)c1cc2ccc(-c3nc(-c4ccccc4)c(-c4ccccc4)[nH]3)cc2oc1=O. The molecule has 0 spiro atoms. The molecular weight excluding hydrogens is 388 g/mol. The highest BCUT2D eigenvalue weighted by Crippen LogP contribution is 2.33. The number of nitrogens with zero attached hydrogens (tertiary/aromatic N) is 1. The summed E-state index contributed by atoms with van der Waals surface area (Å²) >= 11 is 0.